The van der Waals surface area contributed by atoms with Crippen molar-refractivity contribution in [2.75, 3.05) is 234 Å². The Balaban J connectivity index is 7.25. The molecule has 0 amide bonds. The van der Waals surface area contributed by atoms with Crippen LogP contribution in [0.25, 0.3) is 0 Å². The second-order valence-electron chi connectivity index (χ2n) is 38.3. The molecule has 0 aromatic heterocycles. The summed E-state index contributed by atoms with van der Waals surface area (Å²) < 4.78 is 66.9. The molecule has 0 aliphatic rings. The fourth-order valence-corrected chi connectivity index (χ4v) is 21.3. The van der Waals surface area contributed by atoms with Crippen molar-refractivity contribution in [1.29, 1.82) is 0 Å². The van der Waals surface area contributed by atoms with Crippen molar-refractivity contribution in [1.82, 2.24) is 24.9 Å². The Morgan fingerprint density at radius 2 is 0.366 bits per heavy atom. The lowest BCUT2D eigenvalue weighted by Gasteiger charge is -2.30. The maximum atomic E-state index is 13.8. The molecule has 1 N–H and O–H groups in total. The molecule has 0 saturated carbocycles. The molecule has 0 bridgehead atoms. The first-order chi connectivity index (χ1) is 70.3. The highest BCUT2D eigenvalue weighted by Gasteiger charge is 2.25. The zero-order valence-electron chi connectivity index (χ0n) is 92.6. The summed E-state index contributed by atoms with van der Waals surface area (Å²) in [6.45, 7) is 26.4. The highest BCUT2D eigenvalue weighted by Crippen LogP contribution is 2.23. The van der Waals surface area contributed by atoms with Crippen LogP contribution >= 0.6 is 70.6 Å². The number of nitrogens with zero attached hydrogens (tertiary/aromatic N) is 4. The van der Waals surface area contributed by atoms with Crippen LogP contribution in [0.4, 0.5) is 0 Å². The van der Waals surface area contributed by atoms with Crippen LogP contribution in [0.1, 0.15) is 359 Å². The summed E-state index contributed by atoms with van der Waals surface area (Å²) in [5, 5.41) is 3.12. The number of hydrogen-bond acceptors (Lipinski definition) is 35. The number of esters is 12. The van der Waals surface area contributed by atoms with Crippen LogP contribution in [-0.2, 0) is 114 Å². The number of unbranched alkanes of at least 4 members (excludes halogenated alkanes) is 31. The Morgan fingerprint density at radius 1 is 0.200 bits per heavy atom. The molecule has 0 aromatic carbocycles. The first kappa shape index (κ1) is 141. The van der Waals surface area contributed by atoms with Crippen molar-refractivity contribution in [3.8, 4) is 0 Å². The number of nitrogens with one attached hydrogen (secondary N) is 1. The standard InChI is InChI=1S/C110H203N5O24S6/c1-13-19-25-31-37-43-49-87-145-98(12)110(127)139-81-75-133-104(121)55-63-115(68-66-113(60-52-101(118)130-72-78-136-107(124)95(9)90-142-84-46-40-34-28-22-16-4)61-53-102(119)131-73-79-137-108(125)96(10)91-143-85-47-41-35-29-23-17-5)69-67-114(62-54-103(120)132-74-80-138-109(126)97(11)92-144-86-48-42-36-30-24-18-6)65-57-111-56-64-112(58-50-99(116)128-70-76-134-105(122)93(7)88-140-82-44-38-32-26-20-14-2)59-51-100(117)129-71-77-135-106(123)94(8)89-141-83-45-39-33-27-21-15-3/h93-98,111H,13-92H2,1-12H3. The quantitative estimate of drug-likeness (QED) is 0.0336. The van der Waals surface area contributed by atoms with E-state index < -0.39 is 41.1 Å². The van der Waals surface area contributed by atoms with Gasteiger partial charge in [-0.25, -0.2) is 0 Å². The fourth-order valence-electron chi connectivity index (χ4n) is 15.0. The summed E-state index contributed by atoms with van der Waals surface area (Å²) in [7, 11) is 0. The highest BCUT2D eigenvalue weighted by atomic mass is 32.2. The van der Waals surface area contributed by atoms with Gasteiger partial charge in [-0.2, -0.15) is 58.8 Å². The summed E-state index contributed by atoms with van der Waals surface area (Å²) in [4.78, 5) is 168. The van der Waals surface area contributed by atoms with Crippen LogP contribution in [0.15, 0.2) is 0 Å². The third kappa shape index (κ3) is 91.8. The van der Waals surface area contributed by atoms with Gasteiger partial charge in [0.25, 0.3) is 0 Å². The Bertz CT molecular complexity index is 3060. The van der Waals surface area contributed by atoms with E-state index in [0.29, 0.717) is 68.0 Å². The first-order valence-corrected chi connectivity index (χ1v) is 63.2. The molecule has 145 heavy (non-hydrogen) atoms. The summed E-state index contributed by atoms with van der Waals surface area (Å²) >= 11 is 10.2. The lowest BCUT2D eigenvalue weighted by atomic mass is 10.1. The van der Waals surface area contributed by atoms with Gasteiger partial charge in [-0.1, -0.05) is 275 Å². The number of ether oxygens (including phenoxy) is 12. The number of carbonyl (C=O) groups excluding carboxylic acids is 12. The van der Waals surface area contributed by atoms with Gasteiger partial charge in [-0.3, -0.25) is 57.5 Å². The first-order valence-electron chi connectivity index (χ1n) is 56.4. The van der Waals surface area contributed by atoms with E-state index in [4.69, 9.17) is 56.8 Å². The Labute approximate surface area is 903 Å². The van der Waals surface area contributed by atoms with Gasteiger partial charge < -0.3 is 81.8 Å². The zero-order valence-corrected chi connectivity index (χ0v) is 97.5. The summed E-state index contributed by atoms with van der Waals surface area (Å²) in [5.41, 5.74) is 0. The SMILES string of the molecule is CCCCCCCCCSC(C)C(=O)OCCOC(=O)CCN(CCN(CCNCCN(CCC(=O)OCCOC(=O)C(C)CSCCCCCCCC)CCC(=O)OCCOC(=O)C(C)CSCCCCCCCC)CCC(=O)OCCOC(=O)C(C)CSCCCCCCCC)CCN(CCC(=O)OCCOC(=O)C(C)CSCCCCCCCC)CCC(=O)OCCOC(=O)C(C)CSCCCCCCCC. The highest BCUT2D eigenvalue weighted by molar-refractivity contribution is 8.00. The molecule has 29 nitrogen and oxygen atoms in total. The average molecular weight is 2170 g/mol. The van der Waals surface area contributed by atoms with Crippen molar-refractivity contribution in [3.63, 3.8) is 0 Å². The molecule has 0 fully saturated rings. The predicted octanol–water partition coefficient (Wildman–Crippen LogP) is 21.2. The molecule has 0 spiro atoms. The topological polar surface area (TPSA) is 341 Å². The number of carbonyl (C=O) groups is 12. The second kappa shape index (κ2) is 104. The van der Waals surface area contributed by atoms with Gasteiger partial charge in [0, 0.05) is 120 Å². The second-order valence-corrected chi connectivity index (χ2v) is 45.5. The van der Waals surface area contributed by atoms with E-state index in [2.05, 4.69) is 51.8 Å². The molecule has 35 heteroatoms. The van der Waals surface area contributed by atoms with Crippen molar-refractivity contribution >= 4 is 142 Å². The van der Waals surface area contributed by atoms with Crippen LogP contribution in [0.2, 0.25) is 0 Å². The number of thioether (sulfide) groups is 6. The van der Waals surface area contributed by atoms with Gasteiger partial charge >= 0.3 is 71.6 Å². The van der Waals surface area contributed by atoms with Crippen molar-refractivity contribution in [2.24, 2.45) is 29.6 Å². The van der Waals surface area contributed by atoms with Crippen LogP contribution in [0, 0.1) is 29.6 Å². The largest absolute Gasteiger partial charge is 0.462 e. The Hall–Kier alpha value is -4.46. The van der Waals surface area contributed by atoms with Gasteiger partial charge in [0.15, 0.2) is 0 Å². The van der Waals surface area contributed by atoms with E-state index in [1.807, 2.05) is 56.2 Å². The van der Waals surface area contributed by atoms with Crippen LogP contribution in [-0.4, -0.2) is 331 Å². The number of hydrogen-bond donors (Lipinski definition) is 1. The molecule has 0 rings (SSSR count). The molecule has 6 unspecified atom stereocenters. The van der Waals surface area contributed by atoms with Gasteiger partial charge in [-0.15, -0.1) is 11.8 Å². The predicted molar refractivity (Wildman–Crippen MR) is 597 cm³/mol. The minimum atomic E-state index is -0.554. The lowest BCUT2D eigenvalue weighted by molar-refractivity contribution is -0.154. The number of rotatable bonds is 108. The maximum Gasteiger partial charge on any atom is 0.318 e. The molecule has 0 radical (unpaired) electrons. The molecule has 0 heterocycles. The Kier molecular flexibility index (Phi) is 101. The Morgan fingerprint density at radius 3 is 0.579 bits per heavy atom. The lowest BCUT2D eigenvalue weighted by Crippen LogP contribution is -2.44. The van der Waals surface area contributed by atoms with E-state index in [-0.39, 0.29) is 236 Å². The van der Waals surface area contributed by atoms with Crippen molar-refractivity contribution < 1.29 is 114 Å². The van der Waals surface area contributed by atoms with E-state index in [1.165, 1.54) is 186 Å². The van der Waals surface area contributed by atoms with Gasteiger partial charge in [0.2, 0.25) is 0 Å². The molecule has 0 aliphatic carbocycles. The third-order valence-corrected chi connectivity index (χ3v) is 32.3. The molecule has 848 valence electrons. The van der Waals surface area contributed by atoms with Crippen LogP contribution < -0.4 is 5.32 Å². The van der Waals surface area contributed by atoms with Crippen molar-refractivity contribution in [2.45, 2.75) is 364 Å². The minimum Gasteiger partial charge on any atom is -0.462 e. The maximum absolute atomic E-state index is 13.8. The van der Waals surface area contributed by atoms with E-state index >= 15 is 0 Å². The monoisotopic (exact) mass is 2170 g/mol. The molecular weight excluding hydrogens is 1970 g/mol. The molecular formula is C110H203N5O24S6. The summed E-state index contributed by atoms with van der Waals surface area (Å²) in [6.07, 6.45) is 43.5. The third-order valence-electron chi connectivity index (χ3n) is 24.5. The van der Waals surface area contributed by atoms with Crippen LogP contribution in [0.3, 0.4) is 0 Å². The summed E-state index contributed by atoms with van der Waals surface area (Å²) in [5.74, 6) is 1.77. The van der Waals surface area contributed by atoms with E-state index in [1.54, 1.807) is 70.6 Å². The summed E-state index contributed by atoms with van der Waals surface area (Å²) in [6, 6.07) is 0. The molecule has 6 atom stereocenters. The molecule has 0 aliphatic heterocycles. The minimum absolute atomic E-state index is 0.0424. The fraction of sp³-hybridized carbons (Fsp3) is 0.891. The van der Waals surface area contributed by atoms with Crippen LogP contribution in [0.5, 0.6) is 0 Å². The van der Waals surface area contributed by atoms with Crippen molar-refractivity contribution in [3.05, 3.63) is 0 Å². The van der Waals surface area contributed by atoms with E-state index in [9.17, 15) is 57.5 Å². The normalized spacial score (nSPS) is 12.7. The van der Waals surface area contributed by atoms with Gasteiger partial charge in [0.05, 0.1) is 73.4 Å². The zero-order chi connectivity index (χ0) is 107. The van der Waals surface area contributed by atoms with Gasteiger partial charge in [0.1, 0.15) is 79.3 Å². The van der Waals surface area contributed by atoms with Gasteiger partial charge in [-0.05, 0) is 80.0 Å². The average Bonchev–Trinajstić information content (AvgIpc) is 0.915. The molecule has 0 saturated heterocycles. The smallest absolute Gasteiger partial charge is 0.318 e. The van der Waals surface area contributed by atoms with E-state index in [0.717, 1.165) is 85.9 Å². The molecule has 0 aromatic rings.